The predicted octanol–water partition coefficient (Wildman–Crippen LogP) is 3.25. The predicted molar refractivity (Wildman–Crippen MR) is 82.8 cm³/mol. The fraction of sp³-hybridized carbons (Fsp3) is 0. The van der Waals surface area contributed by atoms with Crippen LogP contribution in [-0.4, -0.2) is 8.42 Å². The highest BCUT2D eigenvalue weighted by Crippen LogP contribution is 2.27. The molecule has 0 spiro atoms. The third-order valence-corrected chi connectivity index (χ3v) is 4.65. The topological polar surface area (TPSA) is 96.0 Å². The highest BCUT2D eigenvalue weighted by molar-refractivity contribution is 7.92. The SMILES string of the molecule is N#Cc1ccc(Cl)c(NS(=O)(=O)c2ccc(Cl)c(N)c2)c1. The van der Waals surface area contributed by atoms with Gasteiger partial charge in [0.1, 0.15) is 0 Å². The van der Waals surface area contributed by atoms with Gasteiger partial charge in [0.2, 0.25) is 0 Å². The van der Waals surface area contributed by atoms with E-state index in [1.54, 1.807) is 0 Å². The average Bonchev–Trinajstić information content (AvgIpc) is 2.44. The minimum atomic E-state index is -3.88. The van der Waals surface area contributed by atoms with E-state index in [4.69, 9.17) is 34.2 Å². The molecule has 0 aliphatic rings. The van der Waals surface area contributed by atoms with Crippen LogP contribution < -0.4 is 10.5 Å². The molecule has 0 heterocycles. The number of nitriles is 1. The molecule has 108 valence electrons. The molecule has 0 radical (unpaired) electrons. The van der Waals surface area contributed by atoms with Crippen molar-refractivity contribution >= 4 is 44.6 Å². The number of hydrogen-bond acceptors (Lipinski definition) is 4. The third-order valence-electron chi connectivity index (χ3n) is 2.62. The first-order chi connectivity index (χ1) is 9.83. The second kappa shape index (κ2) is 5.82. The van der Waals surface area contributed by atoms with E-state index < -0.39 is 10.0 Å². The van der Waals surface area contributed by atoms with Crippen molar-refractivity contribution in [2.24, 2.45) is 0 Å². The molecule has 0 aromatic heterocycles. The van der Waals surface area contributed by atoms with E-state index in [1.165, 1.54) is 36.4 Å². The molecule has 2 rings (SSSR count). The number of nitrogens with zero attached hydrogens (tertiary/aromatic N) is 1. The van der Waals surface area contributed by atoms with Gasteiger partial charge < -0.3 is 5.73 Å². The molecule has 0 aliphatic carbocycles. The minimum absolute atomic E-state index is 0.0529. The van der Waals surface area contributed by atoms with Crippen molar-refractivity contribution in [2.75, 3.05) is 10.5 Å². The molecule has 2 aromatic rings. The molecule has 0 aliphatic heterocycles. The molecule has 2 aromatic carbocycles. The molecular weight excluding hydrogens is 333 g/mol. The zero-order chi connectivity index (χ0) is 15.6. The van der Waals surface area contributed by atoms with E-state index in [1.807, 2.05) is 6.07 Å². The van der Waals surface area contributed by atoms with Gasteiger partial charge in [-0.05, 0) is 36.4 Å². The lowest BCUT2D eigenvalue weighted by Crippen LogP contribution is -2.13. The Labute approximate surface area is 132 Å². The quantitative estimate of drug-likeness (QED) is 0.837. The summed E-state index contributed by atoms with van der Waals surface area (Å²) in [5.41, 5.74) is 6.14. The van der Waals surface area contributed by atoms with Crippen LogP contribution in [0.2, 0.25) is 10.0 Å². The van der Waals surface area contributed by atoms with Gasteiger partial charge in [0.25, 0.3) is 10.0 Å². The molecule has 8 heteroatoms. The molecule has 0 fully saturated rings. The van der Waals surface area contributed by atoms with Crippen LogP contribution in [0.3, 0.4) is 0 Å². The van der Waals surface area contributed by atoms with Crippen LogP contribution in [0.25, 0.3) is 0 Å². The highest BCUT2D eigenvalue weighted by Gasteiger charge is 2.17. The van der Waals surface area contributed by atoms with Crippen LogP contribution >= 0.6 is 23.2 Å². The average molecular weight is 342 g/mol. The Balaban J connectivity index is 2.42. The zero-order valence-electron chi connectivity index (χ0n) is 10.5. The maximum atomic E-state index is 12.3. The summed E-state index contributed by atoms with van der Waals surface area (Å²) < 4.78 is 26.8. The lowest BCUT2D eigenvalue weighted by atomic mass is 10.2. The number of halogens is 2. The Morgan fingerprint density at radius 2 is 1.76 bits per heavy atom. The van der Waals surface area contributed by atoms with Crippen LogP contribution in [-0.2, 0) is 10.0 Å². The smallest absolute Gasteiger partial charge is 0.262 e. The summed E-state index contributed by atoms with van der Waals surface area (Å²) in [4.78, 5) is -0.0529. The van der Waals surface area contributed by atoms with Gasteiger partial charge in [-0.3, -0.25) is 4.72 Å². The molecule has 0 bridgehead atoms. The highest BCUT2D eigenvalue weighted by atomic mass is 35.5. The van der Waals surface area contributed by atoms with Crippen LogP contribution in [0.5, 0.6) is 0 Å². The zero-order valence-corrected chi connectivity index (χ0v) is 12.8. The largest absolute Gasteiger partial charge is 0.397 e. The van der Waals surface area contributed by atoms with Crippen molar-refractivity contribution in [3.05, 3.63) is 52.0 Å². The van der Waals surface area contributed by atoms with E-state index in [0.717, 1.165) is 0 Å². The van der Waals surface area contributed by atoms with Gasteiger partial charge in [-0.15, -0.1) is 0 Å². The number of benzene rings is 2. The maximum absolute atomic E-state index is 12.3. The number of rotatable bonds is 3. The first kappa shape index (κ1) is 15.4. The maximum Gasteiger partial charge on any atom is 0.262 e. The molecule has 3 N–H and O–H groups in total. The summed E-state index contributed by atoms with van der Waals surface area (Å²) in [5.74, 6) is 0. The molecule has 5 nitrogen and oxygen atoms in total. The lowest BCUT2D eigenvalue weighted by Gasteiger charge is -2.10. The molecule has 0 unspecified atom stereocenters. The van der Waals surface area contributed by atoms with Gasteiger partial charge in [-0.2, -0.15) is 5.26 Å². The molecule has 0 saturated carbocycles. The first-order valence-electron chi connectivity index (χ1n) is 5.61. The molecule has 0 atom stereocenters. The Hall–Kier alpha value is -1.94. The van der Waals surface area contributed by atoms with Crippen molar-refractivity contribution in [2.45, 2.75) is 4.90 Å². The Morgan fingerprint density at radius 1 is 1.10 bits per heavy atom. The Morgan fingerprint density at radius 3 is 2.38 bits per heavy atom. The normalized spacial score (nSPS) is 10.9. The van der Waals surface area contributed by atoms with Crippen molar-refractivity contribution in [3.8, 4) is 6.07 Å². The van der Waals surface area contributed by atoms with Crippen LogP contribution in [0.1, 0.15) is 5.56 Å². The van der Waals surface area contributed by atoms with Gasteiger partial charge >= 0.3 is 0 Å². The number of nitrogens with one attached hydrogen (secondary N) is 1. The van der Waals surface area contributed by atoms with Crippen LogP contribution in [0, 0.1) is 11.3 Å². The monoisotopic (exact) mass is 341 g/mol. The van der Waals surface area contributed by atoms with Crippen LogP contribution in [0.4, 0.5) is 11.4 Å². The number of hydrogen-bond donors (Lipinski definition) is 2. The summed E-state index contributed by atoms with van der Waals surface area (Å²) >= 11 is 11.7. The van der Waals surface area contributed by atoms with Gasteiger partial charge in [0.15, 0.2) is 0 Å². The Bertz CT molecular complexity index is 845. The number of nitrogens with two attached hydrogens (primary N) is 1. The number of sulfonamides is 1. The van der Waals surface area contributed by atoms with Crippen molar-refractivity contribution in [1.82, 2.24) is 0 Å². The minimum Gasteiger partial charge on any atom is -0.397 e. The fourth-order valence-corrected chi connectivity index (χ4v) is 3.01. The van der Waals surface area contributed by atoms with Gasteiger partial charge in [0.05, 0.1) is 37.9 Å². The van der Waals surface area contributed by atoms with Crippen molar-refractivity contribution < 1.29 is 8.42 Å². The third kappa shape index (κ3) is 3.39. The molecule has 21 heavy (non-hydrogen) atoms. The van der Waals surface area contributed by atoms with E-state index in [2.05, 4.69) is 4.72 Å². The van der Waals surface area contributed by atoms with Crippen molar-refractivity contribution in [3.63, 3.8) is 0 Å². The summed E-state index contributed by atoms with van der Waals surface area (Å²) in [6.07, 6.45) is 0. The first-order valence-corrected chi connectivity index (χ1v) is 7.85. The van der Waals surface area contributed by atoms with Gasteiger partial charge in [0, 0.05) is 0 Å². The summed E-state index contributed by atoms with van der Waals surface area (Å²) in [7, 11) is -3.88. The van der Waals surface area contributed by atoms with Crippen molar-refractivity contribution in [1.29, 1.82) is 5.26 Å². The van der Waals surface area contributed by atoms with E-state index in [9.17, 15) is 8.42 Å². The lowest BCUT2D eigenvalue weighted by molar-refractivity contribution is 0.601. The van der Waals surface area contributed by atoms with E-state index in [0.29, 0.717) is 0 Å². The summed E-state index contributed by atoms with van der Waals surface area (Å²) in [5, 5.41) is 9.28. The van der Waals surface area contributed by atoms with Gasteiger partial charge in [-0.1, -0.05) is 23.2 Å². The number of nitrogen functional groups attached to an aromatic ring is 1. The van der Waals surface area contributed by atoms with Gasteiger partial charge in [-0.25, -0.2) is 8.42 Å². The Kier molecular flexibility index (Phi) is 4.28. The number of anilines is 2. The van der Waals surface area contributed by atoms with E-state index >= 15 is 0 Å². The molecular formula is C13H9Cl2N3O2S. The summed E-state index contributed by atoms with van der Waals surface area (Å²) in [6, 6.07) is 10.1. The molecule has 0 saturated heterocycles. The standard InChI is InChI=1S/C13H9Cl2N3O2S/c14-10-4-2-9(6-12(10)17)21(19,20)18-13-5-8(7-16)1-3-11(13)15/h1-6,18H,17H2. The second-order valence-corrected chi connectivity index (χ2v) is 6.59. The fourth-order valence-electron chi connectivity index (χ4n) is 1.57. The van der Waals surface area contributed by atoms with Crippen LogP contribution in [0.15, 0.2) is 41.3 Å². The second-order valence-electron chi connectivity index (χ2n) is 4.10. The molecule has 0 amide bonds. The summed E-state index contributed by atoms with van der Waals surface area (Å²) in [6.45, 7) is 0. The van der Waals surface area contributed by atoms with E-state index in [-0.39, 0.29) is 31.9 Å².